The number of hydrogen-bond acceptors (Lipinski definition) is 4. The fourth-order valence-corrected chi connectivity index (χ4v) is 2.95. The monoisotopic (exact) mass is 305 g/mol. The molecule has 0 saturated carbocycles. The molecule has 0 spiro atoms. The Morgan fingerprint density at radius 3 is 2.86 bits per heavy atom. The van der Waals surface area contributed by atoms with Crippen molar-refractivity contribution >= 4 is 23.5 Å². The van der Waals surface area contributed by atoms with Crippen LogP contribution in [0.5, 0.6) is 0 Å². The Bertz CT molecular complexity index is 652. The maximum absolute atomic E-state index is 11.4. The summed E-state index contributed by atoms with van der Waals surface area (Å²) in [6, 6.07) is 8.00. The van der Waals surface area contributed by atoms with Crippen LogP contribution in [0, 0.1) is 6.92 Å². The SMILES string of the molecule is CCCSc1nn(Cc2cccc(C)c2)c(N)c1C(=O)O. The Hall–Kier alpha value is -1.95. The Kier molecular flexibility index (Phi) is 4.90. The second-order valence-electron chi connectivity index (χ2n) is 4.87. The number of anilines is 1. The van der Waals surface area contributed by atoms with Crippen LogP contribution in [-0.2, 0) is 6.54 Å². The van der Waals surface area contributed by atoms with Crippen LogP contribution in [0.25, 0.3) is 0 Å². The molecule has 1 aromatic heterocycles. The van der Waals surface area contributed by atoms with Crippen molar-refractivity contribution in [2.24, 2.45) is 0 Å². The molecule has 0 saturated heterocycles. The zero-order chi connectivity index (χ0) is 15.4. The first-order chi connectivity index (χ1) is 10.0. The van der Waals surface area contributed by atoms with Gasteiger partial charge >= 0.3 is 5.97 Å². The number of hydrogen-bond donors (Lipinski definition) is 2. The van der Waals surface area contributed by atoms with Gasteiger partial charge in [-0.1, -0.05) is 36.8 Å². The van der Waals surface area contributed by atoms with E-state index in [-0.39, 0.29) is 11.4 Å². The van der Waals surface area contributed by atoms with Crippen LogP contribution in [0.2, 0.25) is 0 Å². The molecule has 2 aromatic rings. The molecule has 0 amide bonds. The van der Waals surface area contributed by atoms with Crippen molar-refractivity contribution in [2.45, 2.75) is 31.8 Å². The van der Waals surface area contributed by atoms with Crippen molar-refractivity contribution < 1.29 is 9.90 Å². The summed E-state index contributed by atoms with van der Waals surface area (Å²) in [7, 11) is 0. The van der Waals surface area contributed by atoms with Crippen LogP contribution >= 0.6 is 11.8 Å². The van der Waals surface area contributed by atoms with E-state index in [2.05, 4.69) is 5.10 Å². The molecule has 3 N–H and O–H groups in total. The molecule has 0 unspecified atom stereocenters. The predicted octanol–water partition coefficient (Wildman–Crippen LogP) is 3.02. The summed E-state index contributed by atoms with van der Waals surface area (Å²) in [4.78, 5) is 11.4. The van der Waals surface area contributed by atoms with Gasteiger partial charge in [-0.25, -0.2) is 9.48 Å². The molecule has 2 rings (SSSR count). The fourth-order valence-electron chi connectivity index (χ4n) is 2.06. The number of carboxylic acids is 1. The van der Waals surface area contributed by atoms with Crippen LogP contribution < -0.4 is 5.73 Å². The summed E-state index contributed by atoms with van der Waals surface area (Å²) >= 11 is 1.43. The average Bonchev–Trinajstić information content (AvgIpc) is 2.73. The van der Waals surface area contributed by atoms with Crippen molar-refractivity contribution in [1.29, 1.82) is 0 Å². The van der Waals surface area contributed by atoms with E-state index in [1.54, 1.807) is 4.68 Å². The smallest absolute Gasteiger partial charge is 0.342 e. The predicted molar refractivity (Wildman–Crippen MR) is 84.9 cm³/mol. The molecule has 112 valence electrons. The standard InChI is InChI=1S/C15H19N3O2S/c1-3-7-21-14-12(15(19)20)13(16)18(17-14)9-11-6-4-5-10(2)8-11/h4-6,8H,3,7,9,16H2,1-2H3,(H,19,20). The van der Waals surface area contributed by atoms with Crippen LogP contribution in [0.3, 0.4) is 0 Å². The lowest BCUT2D eigenvalue weighted by molar-refractivity contribution is 0.0694. The van der Waals surface area contributed by atoms with Gasteiger partial charge in [0.1, 0.15) is 16.4 Å². The molecular weight excluding hydrogens is 286 g/mol. The number of aromatic nitrogens is 2. The van der Waals surface area contributed by atoms with Crippen LogP contribution in [0.1, 0.15) is 34.8 Å². The highest BCUT2D eigenvalue weighted by Gasteiger charge is 2.21. The minimum absolute atomic E-state index is 0.112. The third kappa shape index (κ3) is 3.58. The van der Waals surface area contributed by atoms with E-state index in [4.69, 9.17) is 5.73 Å². The van der Waals surface area contributed by atoms with Gasteiger partial charge in [-0.3, -0.25) is 0 Å². The van der Waals surface area contributed by atoms with Crippen LogP contribution in [0.15, 0.2) is 29.3 Å². The molecule has 6 heteroatoms. The molecule has 0 bridgehead atoms. The van der Waals surface area contributed by atoms with Crippen molar-refractivity contribution in [3.8, 4) is 0 Å². The van der Waals surface area contributed by atoms with Gasteiger partial charge in [-0.05, 0) is 24.7 Å². The number of aromatic carboxylic acids is 1. The van der Waals surface area contributed by atoms with E-state index >= 15 is 0 Å². The van der Waals surface area contributed by atoms with Gasteiger partial charge in [-0.15, -0.1) is 11.8 Å². The molecule has 0 aliphatic rings. The molecule has 1 heterocycles. The third-order valence-electron chi connectivity index (χ3n) is 3.03. The maximum Gasteiger partial charge on any atom is 0.342 e. The molecule has 0 aliphatic heterocycles. The lowest BCUT2D eigenvalue weighted by Crippen LogP contribution is -2.08. The fraction of sp³-hybridized carbons (Fsp3) is 0.333. The highest BCUT2D eigenvalue weighted by Crippen LogP contribution is 2.27. The van der Waals surface area contributed by atoms with E-state index in [0.29, 0.717) is 11.6 Å². The topological polar surface area (TPSA) is 81.1 Å². The van der Waals surface area contributed by atoms with E-state index in [1.807, 2.05) is 38.1 Å². The van der Waals surface area contributed by atoms with Gasteiger partial charge in [0.25, 0.3) is 0 Å². The first-order valence-corrected chi connectivity index (χ1v) is 7.79. The van der Waals surface area contributed by atoms with Gasteiger partial charge < -0.3 is 10.8 Å². The van der Waals surface area contributed by atoms with E-state index in [9.17, 15) is 9.90 Å². The Morgan fingerprint density at radius 1 is 1.48 bits per heavy atom. The molecule has 0 atom stereocenters. The van der Waals surface area contributed by atoms with E-state index < -0.39 is 5.97 Å². The van der Waals surface area contributed by atoms with E-state index in [1.165, 1.54) is 11.8 Å². The molecule has 0 radical (unpaired) electrons. The largest absolute Gasteiger partial charge is 0.477 e. The van der Waals surface area contributed by atoms with Gasteiger partial charge in [0.05, 0.1) is 6.54 Å². The number of benzene rings is 1. The van der Waals surface area contributed by atoms with E-state index in [0.717, 1.165) is 23.3 Å². The molecular formula is C15H19N3O2S. The number of nitrogens with zero attached hydrogens (tertiary/aromatic N) is 2. The third-order valence-corrected chi connectivity index (χ3v) is 4.20. The van der Waals surface area contributed by atoms with Gasteiger partial charge in [-0.2, -0.15) is 5.10 Å². The first kappa shape index (κ1) is 15.4. The number of carbonyl (C=O) groups is 1. The summed E-state index contributed by atoms with van der Waals surface area (Å²) in [5, 5.41) is 14.2. The lowest BCUT2D eigenvalue weighted by Gasteiger charge is -2.05. The Balaban J connectivity index is 2.33. The summed E-state index contributed by atoms with van der Waals surface area (Å²) in [6.45, 7) is 4.53. The molecule has 5 nitrogen and oxygen atoms in total. The normalized spacial score (nSPS) is 10.8. The van der Waals surface area contributed by atoms with Crippen LogP contribution in [-0.4, -0.2) is 26.6 Å². The van der Waals surface area contributed by atoms with Gasteiger partial charge in [0.2, 0.25) is 0 Å². The summed E-state index contributed by atoms with van der Waals surface area (Å²) < 4.78 is 1.57. The van der Waals surface area contributed by atoms with Gasteiger partial charge in [0.15, 0.2) is 0 Å². The molecule has 21 heavy (non-hydrogen) atoms. The number of nitrogen functional groups attached to an aromatic ring is 1. The number of aryl methyl sites for hydroxylation is 1. The average molecular weight is 305 g/mol. The lowest BCUT2D eigenvalue weighted by atomic mass is 10.1. The van der Waals surface area contributed by atoms with Crippen molar-refractivity contribution in [3.63, 3.8) is 0 Å². The number of rotatable bonds is 6. The zero-order valence-corrected chi connectivity index (χ0v) is 13.0. The second-order valence-corrected chi connectivity index (χ2v) is 5.95. The molecule has 0 aliphatic carbocycles. The minimum atomic E-state index is -1.03. The number of nitrogens with two attached hydrogens (primary N) is 1. The van der Waals surface area contributed by atoms with Crippen molar-refractivity contribution in [3.05, 3.63) is 41.0 Å². The van der Waals surface area contributed by atoms with Crippen molar-refractivity contribution in [2.75, 3.05) is 11.5 Å². The number of thioether (sulfide) groups is 1. The minimum Gasteiger partial charge on any atom is -0.477 e. The second kappa shape index (κ2) is 6.67. The summed E-state index contributed by atoms with van der Waals surface area (Å²) in [5.74, 6) is 0.00506. The Labute approximate surface area is 128 Å². The maximum atomic E-state index is 11.4. The summed E-state index contributed by atoms with van der Waals surface area (Å²) in [6.07, 6.45) is 0.953. The first-order valence-electron chi connectivity index (χ1n) is 6.80. The zero-order valence-electron chi connectivity index (χ0n) is 12.2. The Morgan fingerprint density at radius 2 is 2.24 bits per heavy atom. The molecule has 1 aromatic carbocycles. The molecule has 0 fully saturated rings. The quantitative estimate of drug-likeness (QED) is 0.802. The summed E-state index contributed by atoms with van der Waals surface area (Å²) in [5.41, 5.74) is 8.28. The van der Waals surface area contributed by atoms with Gasteiger partial charge in [0, 0.05) is 0 Å². The van der Waals surface area contributed by atoms with Crippen LogP contribution in [0.4, 0.5) is 5.82 Å². The highest BCUT2D eigenvalue weighted by molar-refractivity contribution is 7.99. The number of carboxylic acid groups (broad SMARTS) is 1. The highest BCUT2D eigenvalue weighted by atomic mass is 32.2. The van der Waals surface area contributed by atoms with Crippen molar-refractivity contribution in [1.82, 2.24) is 9.78 Å².